The molecule has 6 heteroatoms. The molecule has 0 aromatic heterocycles. The van der Waals surface area contributed by atoms with Crippen LogP contribution in [0.4, 0.5) is 0 Å². The zero-order valence-corrected chi connectivity index (χ0v) is 12.4. The third kappa shape index (κ3) is 36.0. The topological polar surface area (TPSA) is 83.8 Å². The van der Waals surface area contributed by atoms with Gasteiger partial charge in [0.05, 0.1) is 0 Å². The van der Waals surface area contributed by atoms with Crippen LogP contribution in [0.2, 0.25) is 0 Å². The van der Waals surface area contributed by atoms with Gasteiger partial charge in [0.2, 0.25) is 0 Å². The van der Waals surface area contributed by atoms with Crippen molar-refractivity contribution < 1.29 is 22.3 Å². The van der Waals surface area contributed by atoms with Gasteiger partial charge >= 0.3 is 10.4 Å². The van der Waals surface area contributed by atoms with Gasteiger partial charge in [0.15, 0.2) is 0 Å². The Hall–Kier alpha value is -0.170. The molecule has 0 heterocycles. The molecule has 0 unspecified atom stereocenters. The van der Waals surface area contributed by atoms with Gasteiger partial charge in [-0.15, -0.1) is 0 Å². The highest BCUT2D eigenvalue weighted by Gasteiger charge is 1.90. The van der Waals surface area contributed by atoms with E-state index in [4.69, 9.17) is 22.3 Å². The first-order chi connectivity index (χ1) is 8.41. The molecule has 0 fully saturated rings. The van der Waals surface area contributed by atoms with E-state index in [9.17, 15) is 0 Å². The summed E-state index contributed by atoms with van der Waals surface area (Å²) in [6, 6.07) is 0. The molecule has 0 aliphatic heterocycles. The predicted octanol–water partition coefficient (Wildman–Crippen LogP) is 3.51. The maximum absolute atomic E-state index is 8.74. The number of hydrogen-bond donors (Lipinski definition) is 2. The molecule has 112 valence electrons. The number of ether oxygens (including phenoxy) is 1. The van der Waals surface area contributed by atoms with E-state index in [1.807, 2.05) is 0 Å². The van der Waals surface area contributed by atoms with Crippen molar-refractivity contribution in [1.82, 2.24) is 0 Å². The van der Waals surface area contributed by atoms with Gasteiger partial charge in [-0.25, -0.2) is 0 Å². The molecular formula is C12H28O5S. The van der Waals surface area contributed by atoms with Gasteiger partial charge in [0.25, 0.3) is 0 Å². The summed E-state index contributed by atoms with van der Waals surface area (Å²) in [6.07, 6.45) is 10.5. The highest BCUT2D eigenvalue weighted by Crippen LogP contribution is 2.01. The first-order valence-electron chi connectivity index (χ1n) is 6.69. The highest BCUT2D eigenvalue weighted by atomic mass is 32.3. The van der Waals surface area contributed by atoms with Crippen LogP contribution < -0.4 is 0 Å². The summed E-state index contributed by atoms with van der Waals surface area (Å²) in [4.78, 5) is 0. The number of rotatable bonds is 10. The molecule has 2 N–H and O–H groups in total. The van der Waals surface area contributed by atoms with Gasteiger partial charge in [-0.3, -0.25) is 9.11 Å². The fourth-order valence-corrected chi connectivity index (χ4v) is 1.36. The normalized spacial score (nSPS) is 10.9. The standard InChI is InChI=1S/C12H26O.H2O4S/c1-3-5-7-9-11-13-12-10-8-6-4-2;1-5(2,3)4/h3-12H2,1-2H3;(H2,1,2,3,4). The molecule has 0 saturated carbocycles. The molecule has 0 bridgehead atoms. The Morgan fingerprint density at radius 2 is 1.11 bits per heavy atom. The molecule has 0 rings (SSSR count). The number of hydrogen-bond acceptors (Lipinski definition) is 3. The Labute approximate surface area is 112 Å². The van der Waals surface area contributed by atoms with Crippen LogP contribution in [0.5, 0.6) is 0 Å². The van der Waals surface area contributed by atoms with Gasteiger partial charge < -0.3 is 4.74 Å². The molecule has 0 aliphatic carbocycles. The monoisotopic (exact) mass is 284 g/mol. The van der Waals surface area contributed by atoms with E-state index in [1.54, 1.807) is 0 Å². The minimum Gasteiger partial charge on any atom is -0.381 e. The van der Waals surface area contributed by atoms with Crippen LogP contribution >= 0.6 is 0 Å². The molecule has 0 amide bonds. The van der Waals surface area contributed by atoms with Crippen molar-refractivity contribution in [3.05, 3.63) is 0 Å². The van der Waals surface area contributed by atoms with Crippen molar-refractivity contribution in [2.75, 3.05) is 13.2 Å². The minimum atomic E-state index is -4.67. The Morgan fingerprint density at radius 1 is 0.778 bits per heavy atom. The molecule has 0 radical (unpaired) electrons. The zero-order valence-electron chi connectivity index (χ0n) is 11.6. The van der Waals surface area contributed by atoms with Gasteiger partial charge in [0, 0.05) is 13.2 Å². The van der Waals surface area contributed by atoms with Crippen molar-refractivity contribution in [3.63, 3.8) is 0 Å². The van der Waals surface area contributed by atoms with Crippen LogP contribution in [0.1, 0.15) is 65.2 Å². The third-order valence-corrected chi connectivity index (χ3v) is 2.28. The average Bonchev–Trinajstić information content (AvgIpc) is 2.25. The quantitative estimate of drug-likeness (QED) is 0.474. The smallest absolute Gasteiger partial charge is 0.381 e. The van der Waals surface area contributed by atoms with Crippen LogP contribution in [0.15, 0.2) is 0 Å². The fourth-order valence-electron chi connectivity index (χ4n) is 1.36. The lowest BCUT2D eigenvalue weighted by atomic mass is 10.2. The SMILES string of the molecule is CCCCCCOCCCCCC.O=S(=O)(O)O. The third-order valence-electron chi connectivity index (χ3n) is 2.28. The lowest BCUT2D eigenvalue weighted by Gasteiger charge is -2.03. The van der Waals surface area contributed by atoms with E-state index in [0.29, 0.717) is 0 Å². The summed E-state index contributed by atoms with van der Waals surface area (Å²) < 4.78 is 37.1. The van der Waals surface area contributed by atoms with Crippen LogP contribution in [0.25, 0.3) is 0 Å². The zero-order chi connectivity index (χ0) is 14.3. The van der Waals surface area contributed by atoms with Crippen molar-refractivity contribution in [1.29, 1.82) is 0 Å². The van der Waals surface area contributed by atoms with Gasteiger partial charge in [-0.2, -0.15) is 8.42 Å². The van der Waals surface area contributed by atoms with Crippen molar-refractivity contribution in [2.24, 2.45) is 0 Å². The van der Waals surface area contributed by atoms with E-state index in [-0.39, 0.29) is 0 Å². The molecule has 5 nitrogen and oxygen atoms in total. The summed E-state index contributed by atoms with van der Waals surface area (Å²) in [7, 11) is -4.67. The second-order valence-electron chi connectivity index (χ2n) is 4.18. The fraction of sp³-hybridized carbons (Fsp3) is 1.00. The maximum atomic E-state index is 8.74. The first-order valence-corrected chi connectivity index (χ1v) is 8.09. The Morgan fingerprint density at radius 3 is 1.39 bits per heavy atom. The highest BCUT2D eigenvalue weighted by molar-refractivity contribution is 7.79. The molecule has 0 saturated heterocycles. The summed E-state index contributed by atoms with van der Waals surface area (Å²) in [6.45, 7) is 6.44. The van der Waals surface area contributed by atoms with E-state index in [0.717, 1.165) is 13.2 Å². The van der Waals surface area contributed by atoms with E-state index in [2.05, 4.69) is 13.8 Å². The second kappa shape index (κ2) is 14.9. The molecule has 0 aromatic rings. The van der Waals surface area contributed by atoms with Gasteiger partial charge in [-0.1, -0.05) is 52.4 Å². The van der Waals surface area contributed by atoms with E-state index < -0.39 is 10.4 Å². The Kier molecular flexibility index (Phi) is 16.7. The molecule has 18 heavy (non-hydrogen) atoms. The maximum Gasteiger partial charge on any atom is 0.394 e. The minimum absolute atomic E-state index is 0.978. The van der Waals surface area contributed by atoms with E-state index >= 15 is 0 Å². The van der Waals surface area contributed by atoms with Gasteiger partial charge in [0.1, 0.15) is 0 Å². The molecule has 0 spiro atoms. The van der Waals surface area contributed by atoms with Crippen molar-refractivity contribution in [3.8, 4) is 0 Å². The molecule has 0 aromatic carbocycles. The first kappa shape index (κ1) is 20.2. The van der Waals surface area contributed by atoms with Crippen LogP contribution in [0, 0.1) is 0 Å². The lowest BCUT2D eigenvalue weighted by molar-refractivity contribution is 0.126. The van der Waals surface area contributed by atoms with E-state index in [1.165, 1.54) is 51.4 Å². The summed E-state index contributed by atoms with van der Waals surface area (Å²) in [5.41, 5.74) is 0. The van der Waals surface area contributed by atoms with Crippen molar-refractivity contribution >= 4 is 10.4 Å². The number of unbranched alkanes of at least 4 members (excludes halogenated alkanes) is 6. The van der Waals surface area contributed by atoms with Crippen molar-refractivity contribution in [2.45, 2.75) is 65.2 Å². The van der Waals surface area contributed by atoms with Gasteiger partial charge in [-0.05, 0) is 12.8 Å². The molecular weight excluding hydrogens is 256 g/mol. The molecule has 0 aliphatic rings. The summed E-state index contributed by atoms with van der Waals surface area (Å²) in [5.74, 6) is 0. The summed E-state index contributed by atoms with van der Waals surface area (Å²) >= 11 is 0. The van der Waals surface area contributed by atoms with Crippen LogP contribution in [-0.2, 0) is 15.1 Å². The average molecular weight is 284 g/mol. The Bertz CT molecular complexity index is 221. The second-order valence-corrected chi connectivity index (χ2v) is 5.08. The Balaban J connectivity index is 0. The molecule has 0 atom stereocenters. The summed E-state index contributed by atoms with van der Waals surface area (Å²) in [5, 5.41) is 0. The lowest BCUT2D eigenvalue weighted by Crippen LogP contribution is -1.96. The van der Waals surface area contributed by atoms with Crippen LogP contribution in [0.3, 0.4) is 0 Å². The van der Waals surface area contributed by atoms with Crippen LogP contribution in [-0.4, -0.2) is 30.7 Å². The largest absolute Gasteiger partial charge is 0.394 e. The predicted molar refractivity (Wildman–Crippen MR) is 73.3 cm³/mol.